The number of rotatable bonds is 4. The quantitative estimate of drug-likeness (QED) is 0.554. The van der Waals surface area contributed by atoms with Gasteiger partial charge in [0.15, 0.2) is 11.3 Å². The molecular weight excluding hydrogens is 186 g/mol. The van der Waals surface area contributed by atoms with Crippen molar-refractivity contribution in [1.82, 2.24) is 9.97 Å². The number of carbonyl (C=O) groups is 2. The van der Waals surface area contributed by atoms with Gasteiger partial charge in [-0.3, -0.25) is 4.79 Å². The second-order valence-electron chi connectivity index (χ2n) is 3.07. The third-order valence-electron chi connectivity index (χ3n) is 2.02. The number of carbonyl (C=O) groups excluding carboxylic acids is 1. The van der Waals surface area contributed by atoms with Crippen molar-refractivity contribution in [2.45, 2.75) is 18.9 Å². The van der Waals surface area contributed by atoms with Gasteiger partial charge in [0.05, 0.1) is 12.0 Å². The molecule has 0 aliphatic rings. The summed E-state index contributed by atoms with van der Waals surface area (Å²) in [5, 5.41) is 8.82. The van der Waals surface area contributed by atoms with E-state index in [1.54, 1.807) is 0 Å². The molecule has 0 aromatic carbocycles. The van der Waals surface area contributed by atoms with E-state index in [4.69, 9.17) is 10.8 Å². The van der Waals surface area contributed by atoms with Gasteiger partial charge in [-0.25, -0.2) is 9.78 Å². The maximum absolute atomic E-state index is 11.1. The highest BCUT2D eigenvalue weighted by Crippen LogP contribution is 2.10. The van der Waals surface area contributed by atoms with Crippen molar-refractivity contribution in [1.29, 1.82) is 0 Å². The number of nitrogens with one attached hydrogen (secondary N) is 1. The third kappa shape index (κ3) is 1.80. The van der Waals surface area contributed by atoms with Gasteiger partial charge in [0.2, 0.25) is 0 Å². The fraction of sp³-hybridized carbons (Fsp3) is 0.375. The third-order valence-corrected chi connectivity index (χ3v) is 2.02. The maximum atomic E-state index is 11.1. The highest BCUT2D eigenvalue weighted by molar-refractivity contribution is 6.06. The highest BCUT2D eigenvalue weighted by Gasteiger charge is 2.39. The Labute approximate surface area is 80.1 Å². The molecule has 1 rings (SSSR count). The Kier molecular flexibility index (Phi) is 2.66. The van der Waals surface area contributed by atoms with Crippen LogP contribution < -0.4 is 5.73 Å². The van der Waals surface area contributed by atoms with E-state index in [2.05, 4.69) is 9.97 Å². The van der Waals surface area contributed by atoms with Gasteiger partial charge in [0.25, 0.3) is 0 Å². The summed E-state index contributed by atoms with van der Waals surface area (Å²) in [4.78, 5) is 28.4. The van der Waals surface area contributed by atoms with E-state index in [-0.39, 0.29) is 6.42 Å². The van der Waals surface area contributed by atoms with Crippen LogP contribution in [0.25, 0.3) is 0 Å². The number of nitrogens with zero attached hydrogens (tertiary/aromatic N) is 1. The van der Waals surface area contributed by atoms with Crippen molar-refractivity contribution in [3.05, 3.63) is 18.2 Å². The Bertz CT molecular complexity index is 331. The molecule has 0 radical (unpaired) electrons. The SMILES string of the molecule is CC(=O)[C@](N)(Cc1c[nH]cn1)C(=O)O. The molecule has 0 saturated heterocycles. The van der Waals surface area contributed by atoms with Gasteiger partial charge in [-0.1, -0.05) is 0 Å². The molecule has 1 aromatic heterocycles. The van der Waals surface area contributed by atoms with Crippen LogP contribution in [0.5, 0.6) is 0 Å². The van der Waals surface area contributed by atoms with E-state index in [1.165, 1.54) is 12.5 Å². The summed E-state index contributed by atoms with van der Waals surface area (Å²) in [5.74, 6) is -1.93. The number of carboxylic acids is 1. The summed E-state index contributed by atoms with van der Waals surface area (Å²) < 4.78 is 0. The number of aromatic nitrogens is 2. The number of aromatic amines is 1. The average molecular weight is 197 g/mol. The summed E-state index contributed by atoms with van der Waals surface area (Å²) in [6, 6.07) is 0. The number of hydrogen-bond donors (Lipinski definition) is 3. The van der Waals surface area contributed by atoms with Crippen LogP contribution in [0.4, 0.5) is 0 Å². The molecule has 0 saturated carbocycles. The molecule has 6 heteroatoms. The number of nitrogens with two attached hydrogens (primary N) is 1. The van der Waals surface area contributed by atoms with Crippen molar-refractivity contribution in [2.75, 3.05) is 0 Å². The number of ketones is 1. The zero-order valence-corrected chi connectivity index (χ0v) is 7.65. The normalized spacial score (nSPS) is 14.7. The van der Waals surface area contributed by atoms with Gasteiger partial charge >= 0.3 is 5.97 Å². The molecule has 1 heterocycles. The zero-order chi connectivity index (χ0) is 10.8. The van der Waals surface area contributed by atoms with E-state index in [0.29, 0.717) is 5.69 Å². The molecular formula is C8H11N3O3. The fourth-order valence-corrected chi connectivity index (χ4v) is 1.02. The van der Waals surface area contributed by atoms with Gasteiger partial charge in [0.1, 0.15) is 0 Å². The summed E-state index contributed by atoms with van der Waals surface area (Å²) in [5.41, 5.74) is 4.04. The first kappa shape index (κ1) is 10.4. The van der Waals surface area contributed by atoms with Crippen molar-refractivity contribution >= 4 is 11.8 Å². The minimum Gasteiger partial charge on any atom is -0.480 e. The van der Waals surface area contributed by atoms with Gasteiger partial charge in [-0.2, -0.15) is 0 Å². The largest absolute Gasteiger partial charge is 0.480 e. The lowest BCUT2D eigenvalue weighted by molar-refractivity contribution is -0.147. The predicted molar refractivity (Wildman–Crippen MR) is 47.5 cm³/mol. The number of H-pyrrole nitrogens is 1. The molecule has 1 atom stereocenters. The summed E-state index contributed by atoms with van der Waals surface area (Å²) in [6.45, 7) is 1.15. The molecule has 0 fully saturated rings. The van der Waals surface area contributed by atoms with Crippen LogP contribution in [0.15, 0.2) is 12.5 Å². The van der Waals surface area contributed by atoms with Crippen LogP contribution in [-0.4, -0.2) is 32.4 Å². The van der Waals surface area contributed by atoms with Gasteiger partial charge < -0.3 is 15.8 Å². The minimum absolute atomic E-state index is 0.110. The van der Waals surface area contributed by atoms with E-state index < -0.39 is 17.3 Å². The standard InChI is InChI=1S/C8H11N3O3/c1-5(12)8(9,7(13)14)2-6-3-10-4-11-6/h3-4H,2,9H2,1H3,(H,10,11)(H,13,14)/t8-/m1/s1. The first-order valence-corrected chi connectivity index (χ1v) is 3.98. The summed E-state index contributed by atoms with van der Waals surface area (Å²) in [7, 11) is 0. The summed E-state index contributed by atoms with van der Waals surface area (Å²) in [6.07, 6.45) is 2.80. The lowest BCUT2D eigenvalue weighted by Crippen LogP contribution is -2.55. The summed E-state index contributed by atoms with van der Waals surface area (Å²) >= 11 is 0. The van der Waals surface area contributed by atoms with Gasteiger partial charge in [-0.05, 0) is 6.92 Å². The van der Waals surface area contributed by atoms with Gasteiger partial charge in [0, 0.05) is 12.6 Å². The molecule has 6 nitrogen and oxygen atoms in total. The molecule has 76 valence electrons. The van der Waals surface area contributed by atoms with E-state index >= 15 is 0 Å². The molecule has 4 N–H and O–H groups in total. The van der Waals surface area contributed by atoms with E-state index in [9.17, 15) is 9.59 Å². The van der Waals surface area contributed by atoms with Crippen LogP contribution in [0.1, 0.15) is 12.6 Å². The van der Waals surface area contributed by atoms with Crippen molar-refractivity contribution in [3.8, 4) is 0 Å². The topological polar surface area (TPSA) is 109 Å². The number of carboxylic acid groups (broad SMARTS) is 1. The Balaban J connectivity index is 2.91. The Hall–Kier alpha value is -1.69. The Morgan fingerprint density at radius 1 is 1.71 bits per heavy atom. The number of Topliss-reactive ketones (excluding diaryl/α,β-unsaturated/α-hetero) is 1. The second-order valence-corrected chi connectivity index (χ2v) is 3.07. The van der Waals surface area contributed by atoms with Crippen LogP contribution in [-0.2, 0) is 16.0 Å². The second kappa shape index (κ2) is 3.59. The molecule has 1 aromatic rings. The van der Waals surface area contributed by atoms with Crippen LogP contribution in [0, 0.1) is 0 Å². The lowest BCUT2D eigenvalue weighted by Gasteiger charge is -2.19. The number of hydrogen-bond acceptors (Lipinski definition) is 4. The number of aliphatic carboxylic acids is 1. The first-order chi connectivity index (χ1) is 6.47. The minimum atomic E-state index is -1.88. The van der Waals surface area contributed by atoms with E-state index in [0.717, 1.165) is 6.92 Å². The monoisotopic (exact) mass is 197 g/mol. The Morgan fingerprint density at radius 3 is 2.71 bits per heavy atom. The smallest absolute Gasteiger partial charge is 0.331 e. The predicted octanol–water partition coefficient (Wildman–Crippen LogP) is -0.677. The zero-order valence-electron chi connectivity index (χ0n) is 7.65. The molecule has 0 amide bonds. The Morgan fingerprint density at radius 2 is 2.36 bits per heavy atom. The molecule has 14 heavy (non-hydrogen) atoms. The molecule has 0 aliphatic carbocycles. The van der Waals surface area contributed by atoms with Crippen LogP contribution in [0.2, 0.25) is 0 Å². The van der Waals surface area contributed by atoms with Crippen LogP contribution >= 0.6 is 0 Å². The molecule has 0 aliphatic heterocycles. The highest BCUT2D eigenvalue weighted by atomic mass is 16.4. The molecule has 0 bridgehead atoms. The van der Waals surface area contributed by atoms with Crippen molar-refractivity contribution in [3.63, 3.8) is 0 Å². The van der Waals surface area contributed by atoms with Crippen LogP contribution in [0.3, 0.4) is 0 Å². The molecule has 0 unspecified atom stereocenters. The van der Waals surface area contributed by atoms with Gasteiger partial charge in [-0.15, -0.1) is 0 Å². The average Bonchev–Trinajstić information content (AvgIpc) is 2.55. The van der Waals surface area contributed by atoms with Crippen molar-refractivity contribution < 1.29 is 14.7 Å². The number of imidazole rings is 1. The van der Waals surface area contributed by atoms with E-state index in [1.807, 2.05) is 0 Å². The fourth-order valence-electron chi connectivity index (χ4n) is 1.02. The van der Waals surface area contributed by atoms with Crippen molar-refractivity contribution in [2.24, 2.45) is 5.73 Å². The molecule has 0 spiro atoms. The first-order valence-electron chi connectivity index (χ1n) is 3.98. The lowest BCUT2D eigenvalue weighted by atomic mass is 9.91. The maximum Gasteiger partial charge on any atom is 0.331 e.